The van der Waals surface area contributed by atoms with Gasteiger partial charge in [-0.3, -0.25) is 0 Å². The van der Waals surface area contributed by atoms with Crippen LogP contribution in [0.1, 0.15) is 51.4 Å². The van der Waals surface area contributed by atoms with E-state index in [1.165, 1.54) is 31.3 Å². The van der Waals surface area contributed by atoms with Gasteiger partial charge in [-0.2, -0.15) is 0 Å². The van der Waals surface area contributed by atoms with Crippen molar-refractivity contribution in [1.29, 1.82) is 0 Å². The molecule has 0 aromatic heterocycles. The molecule has 15 heavy (non-hydrogen) atoms. The minimum atomic E-state index is -0.629. The van der Waals surface area contributed by atoms with Crippen LogP contribution in [-0.2, 0) is 4.74 Å². The molecule has 86 valence electrons. The third kappa shape index (κ3) is 2.82. The molecule has 0 bridgehead atoms. The molecule has 2 aliphatic rings. The zero-order valence-corrected chi connectivity index (χ0v) is 9.50. The second kappa shape index (κ2) is 5.13. The molecule has 2 nitrogen and oxygen atoms in total. The molecule has 0 aromatic carbocycles. The summed E-state index contributed by atoms with van der Waals surface area (Å²) in [4.78, 5) is 0. The quantitative estimate of drug-likeness (QED) is 0.674. The summed E-state index contributed by atoms with van der Waals surface area (Å²) in [6.45, 7) is 1.33. The Balaban J connectivity index is 2.04. The fourth-order valence-corrected chi connectivity index (χ4v) is 2.65. The Hall–Kier alpha value is -0.340. The van der Waals surface area contributed by atoms with Crippen LogP contribution in [0.5, 0.6) is 0 Å². The van der Waals surface area contributed by atoms with Gasteiger partial charge in [0.05, 0.1) is 6.61 Å². The highest BCUT2D eigenvalue weighted by molar-refractivity contribution is 5.18. The Morgan fingerprint density at radius 1 is 1.13 bits per heavy atom. The van der Waals surface area contributed by atoms with Gasteiger partial charge in [0.15, 0.2) is 0 Å². The van der Waals surface area contributed by atoms with E-state index in [0.717, 1.165) is 32.3 Å². The third-order valence-electron chi connectivity index (χ3n) is 3.61. The molecule has 0 radical (unpaired) electrons. The first-order valence-corrected chi connectivity index (χ1v) is 6.31. The van der Waals surface area contributed by atoms with Gasteiger partial charge in [0.2, 0.25) is 0 Å². The number of rotatable bonds is 1. The molecule has 0 aromatic rings. The first-order chi connectivity index (χ1) is 7.31. The molecule has 1 unspecified atom stereocenters. The number of hydrogen-bond donors (Lipinski definition) is 1. The lowest BCUT2D eigenvalue weighted by molar-refractivity contribution is -0.0634. The fraction of sp³-hybridized carbons (Fsp3) is 0.846. The maximum absolute atomic E-state index is 10.5. The third-order valence-corrected chi connectivity index (χ3v) is 3.61. The zero-order chi connectivity index (χ0) is 10.6. The zero-order valence-electron chi connectivity index (χ0n) is 9.50. The minimum absolute atomic E-state index is 0.513. The van der Waals surface area contributed by atoms with E-state index in [4.69, 9.17) is 4.74 Å². The predicted molar refractivity (Wildman–Crippen MR) is 60.8 cm³/mol. The lowest BCUT2D eigenvalue weighted by Gasteiger charge is -2.35. The first kappa shape index (κ1) is 11.2. The minimum Gasteiger partial charge on any atom is -0.383 e. The van der Waals surface area contributed by atoms with E-state index in [-0.39, 0.29) is 0 Å². The highest BCUT2D eigenvalue weighted by Crippen LogP contribution is 2.32. The van der Waals surface area contributed by atoms with E-state index in [1.807, 2.05) is 0 Å². The van der Waals surface area contributed by atoms with Crippen molar-refractivity contribution in [1.82, 2.24) is 0 Å². The van der Waals surface area contributed by atoms with Gasteiger partial charge < -0.3 is 9.84 Å². The SMILES string of the molecule is OC1(C2=CCCCCCC2)CCCOC1. The molecular formula is C13H22O2. The monoisotopic (exact) mass is 210 g/mol. The van der Waals surface area contributed by atoms with Crippen LogP contribution in [0.4, 0.5) is 0 Å². The summed E-state index contributed by atoms with van der Waals surface area (Å²) in [6, 6.07) is 0. The van der Waals surface area contributed by atoms with Crippen LogP contribution in [0.15, 0.2) is 11.6 Å². The predicted octanol–water partition coefficient (Wildman–Crippen LogP) is 2.81. The summed E-state index contributed by atoms with van der Waals surface area (Å²) in [5.41, 5.74) is 0.622. The van der Waals surface area contributed by atoms with E-state index in [0.29, 0.717) is 6.61 Å². The van der Waals surface area contributed by atoms with Gasteiger partial charge in [0.1, 0.15) is 5.60 Å². The number of allylic oxidation sites excluding steroid dienone is 1. The van der Waals surface area contributed by atoms with Crippen LogP contribution < -0.4 is 0 Å². The Kier molecular flexibility index (Phi) is 3.81. The summed E-state index contributed by atoms with van der Waals surface area (Å²) >= 11 is 0. The van der Waals surface area contributed by atoms with Crippen molar-refractivity contribution in [3.05, 3.63) is 11.6 Å². The van der Waals surface area contributed by atoms with Gasteiger partial charge in [-0.25, -0.2) is 0 Å². The number of ether oxygens (including phenoxy) is 1. The lowest BCUT2D eigenvalue weighted by Crippen LogP contribution is -2.40. The van der Waals surface area contributed by atoms with Crippen LogP contribution in [0.3, 0.4) is 0 Å². The smallest absolute Gasteiger partial charge is 0.109 e. The maximum atomic E-state index is 10.5. The Morgan fingerprint density at radius 2 is 2.00 bits per heavy atom. The molecule has 1 aliphatic carbocycles. The molecule has 0 amide bonds. The normalized spacial score (nSPS) is 34.1. The standard InChI is InChI=1S/C13H22O2/c14-13(9-6-10-15-11-13)12-7-4-2-1-3-5-8-12/h7,14H,1-6,8-11H2. The molecule has 1 heterocycles. The average Bonchev–Trinajstić information content (AvgIpc) is 2.17. The summed E-state index contributed by atoms with van der Waals surface area (Å²) < 4.78 is 5.42. The molecule has 2 rings (SSSR count). The van der Waals surface area contributed by atoms with Gasteiger partial charge in [0, 0.05) is 6.61 Å². The molecule has 1 N–H and O–H groups in total. The topological polar surface area (TPSA) is 29.5 Å². The fourth-order valence-electron chi connectivity index (χ4n) is 2.65. The van der Waals surface area contributed by atoms with E-state index >= 15 is 0 Å². The molecular weight excluding hydrogens is 188 g/mol. The molecule has 0 spiro atoms. The lowest BCUT2D eigenvalue weighted by atomic mass is 9.83. The van der Waals surface area contributed by atoms with Crippen molar-refractivity contribution in [3.63, 3.8) is 0 Å². The number of aliphatic hydroxyl groups is 1. The molecule has 0 saturated carbocycles. The van der Waals surface area contributed by atoms with Crippen molar-refractivity contribution in [2.75, 3.05) is 13.2 Å². The number of hydrogen-bond acceptors (Lipinski definition) is 2. The summed E-state index contributed by atoms with van der Waals surface area (Å²) in [5, 5.41) is 10.5. The molecule has 1 atom stereocenters. The summed E-state index contributed by atoms with van der Waals surface area (Å²) in [6.07, 6.45) is 11.5. The van der Waals surface area contributed by atoms with Crippen LogP contribution >= 0.6 is 0 Å². The van der Waals surface area contributed by atoms with Crippen molar-refractivity contribution in [3.8, 4) is 0 Å². The van der Waals surface area contributed by atoms with Crippen LogP contribution in [0.2, 0.25) is 0 Å². The Morgan fingerprint density at radius 3 is 2.80 bits per heavy atom. The van der Waals surface area contributed by atoms with Gasteiger partial charge >= 0.3 is 0 Å². The van der Waals surface area contributed by atoms with Crippen molar-refractivity contribution >= 4 is 0 Å². The van der Waals surface area contributed by atoms with E-state index < -0.39 is 5.60 Å². The largest absolute Gasteiger partial charge is 0.383 e. The van der Waals surface area contributed by atoms with Crippen LogP contribution in [0.25, 0.3) is 0 Å². The van der Waals surface area contributed by atoms with Crippen molar-refractivity contribution in [2.24, 2.45) is 0 Å². The maximum Gasteiger partial charge on any atom is 0.109 e. The summed E-state index contributed by atoms with van der Waals surface area (Å²) in [5.74, 6) is 0. The average molecular weight is 210 g/mol. The second-order valence-electron chi connectivity index (χ2n) is 4.87. The second-order valence-corrected chi connectivity index (χ2v) is 4.87. The molecule has 1 fully saturated rings. The van der Waals surface area contributed by atoms with Crippen LogP contribution in [0, 0.1) is 0 Å². The van der Waals surface area contributed by atoms with Gasteiger partial charge in [0.25, 0.3) is 0 Å². The Labute approximate surface area is 92.3 Å². The van der Waals surface area contributed by atoms with Gasteiger partial charge in [-0.1, -0.05) is 18.9 Å². The molecule has 1 saturated heterocycles. The highest BCUT2D eigenvalue weighted by atomic mass is 16.5. The highest BCUT2D eigenvalue weighted by Gasteiger charge is 2.33. The van der Waals surface area contributed by atoms with Crippen molar-refractivity contribution < 1.29 is 9.84 Å². The van der Waals surface area contributed by atoms with E-state index in [1.54, 1.807) is 0 Å². The van der Waals surface area contributed by atoms with Gasteiger partial charge in [-0.15, -0.1) is 0 Å². The molecule has 1 aliphatic heterocycles. The van der Waals surface area contributed by atoms with Crippen LogP contribution in [-0.4, -0.2) is 23.9 Å². The van der Waals surface area contributed by atoms with E-state index in [9.17, 15) is 5.11 Å². The van der Waals surface area contributed by atoms with Gasteiger partial charge in [-0.05, 0) is 44.1 Å². The first-order valence-electron chi connectivity index (χ1n) is 6.31. The van der Waals surface area contributed by atoms with E-state index in [2.05, 4.69) is 6.08 Å². The van der Waals surface area contributed by atoms with Crippen molar-refractivity contribution in [2.45, 2.75) is 57.0 Å². The summed E-state index contributed by atoms with van der Waals surface area (Å²) in [7, 11) is 0. The Bertz CT molecular complexity index is 227. The molecule has 2 heteroatoms.